The van der Waals surface area contributed by atoms with Crippen LogP contribution in [-0.4, -0.2) is 16.7 Å². The van der Waals surface area contributed by atoms with Gasteiger partial charge in [-0.1, -0.05) is 16.5 Å². The van der Waals surface area contributed by atoms with Crippen LogP contribution in [0, 0.1) is 10.8 Å². The summed E-state index contributed by atoms with van der Waals surface area (Å²) in [6.07, 6.45) is 0. The van der Waals surface area contributed by atoms with Crippen LogP contribution in [-0.2, 0) is 0 Å². The van der Waals surface area contributed by atoms with Crippen LogP contribution in [0.5, 0.6) is 0 Å². The first-order valence-electron chi connectivity index (χ1n) is 4.05. The van der Waals surface area contributed by atoms with Gasteiger partial charge in [-0.05, 0) is 12.1 Å². The lowest BCUT2D eigenvalue weighted by atomic mass is 10.3. The fourth-order valence-electron chi connectivity index (χ4n) is 0.916. The summed E-state index contributed by atoms with van der Waals surface area (Å²) in [6, 6.07) is 4.67. The van der Waals surface area contributed by atoms with Crippen molar-refractivity contribution in [3.05, 3.63) is 29.6 Å². The number of hydrogen-bond donors (Lipinski definition) is 4. The molecule has 1 aromatic rings. The van der Waals surface area contributed by atoms with E-state index in [1.807, 2.05) is 0 Å². The number of rotatable bonds is 2. The molecule has 9 heteroatoms. The minimum Gasteiger partial charge on any atom is -0.305 e. The lowest BCUT2D eigenvalue weighted by molar-refractivity contribution is 1.05. The van der Waals surface area contributed by atoms with Crippen LogP contribution >= 0.6 is 0 Å². The van der Waals surface area contributed by atoms with Crippen LogP contribution in [0.4, 0.5) is 0 Å². The highest BCUT2D eigenvalue weighted by Crippen LogP contribution is 2.03. The molecule has 0 aliphatic rings. The summed E-state index contributed by atoms with van der Waals surface area (Å²) < 4.78 is 0. The molecule has 0 saturated carbocycles. The van der Waals surface area contributed by atoms with E-state index in [2.05, 4.69) is 25.7 Å². The van der Waals surface area contributed by atoms with E-state index in [-0.39, 0.29) is 23.1 Å². The molecule has 1 rings (SSSR count). The normalized spacial score (nSPS) is 11.0. The van der Waals surface area contributed by atoms with E-state index in [1.165, 1.54) is 12.1 Å². The number of nitrogens with zero attached hydrogens (tertiary/aromatic N) is 5. The molecule has 0 bridgehead atoms. The largest absolute Gasteiger partial charge is 0.305 e. The van der Waals surface area contributed by atoms with Gasteiger partial charge in [0.25, 0.3) is 0 Å². The number of nitrogens with two attached hydrogens (primary N) is 2. The van der Waals surface area contributed by atoms with Crippen molar-refractivity contribution < 1.29 is 0 Å². The summed E-state index contributed by atoms with van der Waals surface area (Å²) in [5.41, 5.74) is 0.451. The highest BCUT2D eigenvalue weighted by Gasteiger charge is 2.06. The standard InChI is InChI=1S/C7H9N9/c8-6(13-15-10)4-2-1-3-5(12-4)7(9)14-16-11/h1-3H,(H3,8,10,13)(H3,9,11,14). The zero-order valence-electron chi connectivity index (χ0n) is 8.12. The molecule has 1 heterocycles. The predicted molar refractivity (Wildman–Crippen MR) is 56.0 cm³/mol. The first-order valence-corrected chi connectivity index (χ1v) is 4.05. The van der Waals surface area contributed by atoms with Gasteiger partial charge in [-0.2, -0.15) is 0 Å². The van der Waals surface area contributed by atoms with Gasteiger partial charge in [0.1, 0.15) is 11.4 Å². The Labute approximate surface area is 90.3 Å². The highest BCUT2D eigenvalue weighted by molar-refractivity contribution is 5.98. The number of nitrogens with one attached hydrogen (secondary N) is 2. The Kier molecular flexibility index (Phi) is 3.72. The van der Waals surface area contributed by atoms with Crippen molar-refractivity contribution in [2.45, 2.75) is 0 Å². The van der Waals surface area contributed by atoms with E-state index in [0.717, 1.165) is 0 Å². The van der Waals surface area contributed by atoms with Crippen LogP contribution in [0.25, 0.3) is 0 Å². The molecule has 1 aromatic heterocycles. The summed E-state index contributed by atoms with van der Waals surface area (Å²) in [5.74, 6) is 9.21. The molecule has 0 radical (unpaired) electrons. The number of pyridine rings is 1. The second kappa shape index (κ2) is 5.24. The Morgan fingerprint density at radius 1 is 1.00 bits per heavy atom. The van der Waals surface area contributed by atoms with Gasteiger partial charge in [0.05, 0.1) is 0 Å². The molecule has 9 nitrogen and oxygen atoms in total. The third kappa shape index (κ3) is 2.64. The quantitative estimate of drug-likeness (QED) is 0.186. The zero-order valence-corrected chi connectivity index (χ0v) is 8.12. The Morgan fingerprint density at radius 3 is 1.81 bits per heavy atom. The monoisotopic (exact) mass is 219 g/mol. The summed E-state index contributed by atoms with van der Waals surface area (Å²) in [7, 11) is 0. The van der Waals surface area contributed by atoms with E-state index in [1.54, 1.807) is 6.07 Å². The van der Waals surface area contributed by atoms with Gasteiger partial charge in [0, 0.05) is 0 Å². The molecule has 0 fully saturated rings. The van der Waals surface area contributed by atoms with Gasteiger partial charge < -0.3 is 11.7 Å². The molecule has 16 heavy (non-hydrogen) atoms. The number of aromatic nitrogens is 1. The second-order valence-electron chi connectivity index (χ2n) is 2.54. The fraction of sp³-hybridized carbons (Fsp3) is 0. The Balaban J connectivity index is 3.04. The van der Waals surface area contributed by atoms with Gasteiger partial charge in [0.15, 0.2) is 11.7 Å². The smallest absolute Gasteiger partial charge is 0.194 e. The summed E-state index contributed by atoms with van der Waals surface area (Å²) in [4.78, 5) is 3.94. The Bertz CT molecular complexity index is 421. The minimum absolute atomic E-state index is 0.207. The maximum atomic E-state index is 7.42. The van der Waals surface area contributed by atoms with E-state index < -0.39 is 0 Å². The molecule has 0 aromatic carbocycles. The van der Waals surface area contributed by atoms with E-state index in [9.17, 15) is 0 Å². The van der Waals surface area contributed by atoms with Gasteiger partial charge >= 0.3 is 0 Å². The minimum atomic E-state index is -0.207. The molecule has 82 valence electrons. The van der Waals surface area contributed by atoms with E-state index in [0.29, 0.717) is 0 Å². The molecular formula is C7H9N9. The Morgan fingerprint density at radius 2 is 1.44 bits per heavy atom. The maximum absolute atomic E-state index is 7.42. The van der Waals surface area contributed by atoms with Crippen LogP contribution in [0.1, 0.15) is 11.4 Å². The average molecular weight is 219 g/mol. The van der Waals surface area contributed by atoms with Crippen molar-refractivity contribution in [2.75, 3.05) is 0 Å². The molecule has 0 saturated heterocycles. The first-order chi connectivity index (χ1) is 7.69. The highest BCUT2D eigenvalue weighted by atomic mass is 15.3. The van der Waals surface area contributed by atoms with Gasteiger partial charge in [-0.3, -0.25) is 10.8 Å². The molecular weight excluding hydrogens is 210 g/mol. The summed E-state index contributed by atoms with van der Waals surface area (Å²) in [5, 5.41) is 27.4. The predicted octanol–water partition coefficient (Wildman–Crippen LogP) is 0.384. The van der Waals surface area contributed by atoms with Crippen molar-refractivity contribution in [2.24, 2.45) is 32.4 Å². The SMILES string of the molecule is N=C(N=NN)c1cccc(C(=N)N=NN)n1. The van der Waals surface area contributed by atoms with Gasteiger partial charge in [0.2, 0.25) is 0 Å². The molecule has 0 aliphatic heterocycles. The topological polar surface area (TPSA) is 162 Å². The molecule has 0 unspecified atom stereocenters. The molecule has 0 aliphatic carbocycles. The number of amidine groups is 2. The van der Waals surface area contributed by atoms with Gasteiger partial charge in [-0.15, -0.1) is 10.2 Å². The van der Waals surface area contributed by atoms with Crippen molar-refractivity contribution in [3.63, 3.8) is 0 Å². The average Bonchev–Trinajstić information content (AvgIpc) is 2.30. The lowest BCUT2D eigenvalue weighted by Gasteiger charge is -1.99. The van der Waals surface area contributed by atoms with Crippen LogP contribution < -0.4 is 11.7 Å². The molecule has 0 amide bonds. The van der Waals surface area contributed by atoms with Crippen LogP contribution in [0.2, 0.25) is 0 Å². The first kappa shape index (κ1) is 11.4. The van der Waals surface area contributed by atoms with Crippen molar-refractivity contribution in [3.8, 4) is 0 Å². The van der Waals surface area contributed by atoms with E-state index >= 15 is 0 Å². The summed E-state index contributed by atoms with van der Waals surface area (Å²) >= 11 is 0. The third-order valence-electron chi connectivity index (χ3n) is 1.55. The summed E-state index contributed by atoms with van der Waals surface area (Å²) in [6.45, 7) is 0. The molecule has 0 atom stereocenters. The zero-order chi connectivity index (χ0) is 12.0. The fourth-order valence-corrected chi connectivity index (χ4v) is 0.916. The molecule has 6 N–H and O–H groups in total. The molecule has 0 spiro atoms. The van der Waals surface area contributed by atoms with Gasteiger partial charge in [-0.25, -0.2) is 4.98 Å². The third-order valence-corrected chi connectivity index (χ3v) is 1.55. The van der Waals surface area contributed by atoms with Crippen molar-refractivity contribution >= 4 is 11.7 Å². The second-order valence-corrected chi connectivity index (χ2v) is 2.54. The van der Waals surface area contributed by atoms with Crippen molar-refractivity contribution in [1.82, 2.24) is 4.98 Å². The van der Waals surface area contributed by atoms with Crippen LogP contribution in [0.3, 0.4) is 0 Å². The Hall–Kier alpha value is -2.71. The number of hydrogen-bond acceptors (Lipinski definition) is 5. The van der Waals surface area contributed by atoms with E-state index in [4.69, 9.17) is 22.5 Å². The van der Waals surface area contributed by atoms with Crippen molar-refractivity contribution in [1.29, 1.82) is 10.8 Å². The lowest BCUT2D eigenvalue weighted by Crippen LogP contribution is -2.05. The van der Waals surface area contributed by atoms with Crippen LogP contribution in [0.15, 0.2) is 38.9 Å². The maximum Gasteiger partial charge on any atom is 0.194 e.